The predicted molar refractivity (Wildman–Crippen MR) is 90.6 cm³/mol. The number of ether oxygens (including phenoxy) is 1. The van der Waals surface area contributed by atoms with Crippen LogP contribution in [-0.2, 0) is 0 Å². The van der Waals surface area contributed by atoms with E-state index in [9.17, 15) is 4.79 Å². The maximum atomic E-state index is 12.7. The standard InChI is InChI=1S/C15H11Br3O2/c1-2-20-14-6-4-9(16)7-12(14)15(19)11-5-3-10(17)8-13(11)18/h3-8H,2H2,1H3. The summed E-state index contributed by atoms with van der Waals surface area (Å²) >= 11 is 10.2. The second-order valence-electron chi connectivity index (χ2n) is 4.03. The van der Waals surface area contributed by atoms with Gasteiger partial charge in [-0.1, -0.05) is 31.9 Å². The smallest absolute Gasteiger partial charge is 0.197 e. The summed E-state index contributed by atoms with van der Waals surface area (Å²) in [6.07, 6.45) is 0. The Hall–Kier alpha value is -0.650. The quantitative estimate of drug-likeness (QED) is 0.552. The number of benzene rings is 2. The summed E-state index contributed by atoms with van der Waals surface area (Å²) in [5, 5.41) is 0. The van der Waals surface area contributed by atoms with Gasteiger partial charge < -0.3 is 4.74 Å². The summed E-state index contributed by atoms with van der Waals surface area (Å²) in [6.45, 7) is 2.41. The zero-order valence-corrected chi connectivity index (χ0v) is 15.4. The molecule has 0 aliphatic carbocycles. The van der Waals surface area contributed by atoms with Crippen molar-refractivity contribution < 1.29 is 9.53 Å². The fraction of sp³-hybridized carbons (Fsp3) is 0.133. The summed E-state index contributed by atoms with van der Waals surface area (Å²) in [4.78, 5) is 12.7. The number of halogens is 3. The molecule has 0 spiro atoms. The second-order valence-corrected chi connectivity index (χ2v) is 6.71. The lowest BCUT2D eigenvalue weighted by Gasteiger charge is -2.11. The highest BCUT2D eigenvalue weighted by molar-refractivity contribution is 9.11. The zero-order chi connectivity index (χ0) is 14.7. The van der Waals surface area contributed by atoms with Crippen LogP contribution >= 0.6 is 47.8 Å². The summed E-state index contributed by atoms with van der Waals surface area (Å²) in [5.74, 6) is 0.518. The average molecular weight is 463 g/mol. The summed E-state index contributed by atoms with van der Waals surface area (Å²) in [6, 6.07) is 10.9. The molecule has 0 atom stereocenters. The molecular weight excluding hydrogens is 452 g/mol. The van der Waals surface area contributed by atoms with E-state index in [2.05, 4.69) is 47.8 Å². The van der Waals surface area contributed by atoms with Crippen molar-refractivity contribution in [3.05, 3.63) is 60.9 Å². The van der Waals surface area contributed by atoms with Crippen LogP contribution in [-0.4, -0.2) is 12.4 Å². The number of ketones is 1. The molecule has 0 aliphatic heterocycles. The van der Waals surface area contributed by atoms with Gasteiger partial charge in [-0.15, -0.1) is 0 Å². The van der Waals surface area contributed by atoms with Crippen LogP contribution in [0.2, 0.25) is 0 Å². The number of rotatable bonds is 4. The molecule has 2 rings (SSSR count). The van der Waals surface area contributed by atoms with Crippen LogP contribution < -0.4 is 4.74 Å². The maximum absolute atomic E-state index is 12.7. The normalized spacial score (nSPS) is 10.4. The Bertz CT molecular complexity index is 654. The fourth-order valence-corrected chi connectivity index (χ4v) is 3.37. The van der Waals surface area contributed by atoms with Crippen molar-refractivity contribution in [1.82, 2.24) is 0 Å². The minimum absolute atomic E-state index is 0.0749. The lowest BCUT2D eigenvalue weighted by atomic mass is 10.0. The third-order valence-electron chi connectivity index (χ3n) is 2.66. The van der Waals surface area contributed by atoms with Crippen LogP contribution in [0.3, 0.4) is 0 Å². The van der Waals surface area contributed by atoms with E-state index in [4.69, 9.17) is 4.74 Å². The number of carbonyl (C=O) groups excluding carboxylic acids is 1. The monoisotopic (exact) mass is 460 g/mol. The molecule has 20 heavy (non-hydrogen) atoms. The van der Waals surface area contributed by atoms with Crippen molar-refractivity contribution >= 4 is 53.6 Å². The van der Waals surface area contributed by atoms with E-state index in [1.165, 1.54) is 0 Å². The minimum Gasteiger partial charge on any atom is -0.493 e. The van der Waals surface area contributed by atoms with Crippen molar-refractivity contribution in [2.24, 2.45) is 0 Å². The first-order chi connectivity index (χ1) is 9.52. The van der Waals surface area contributed by atoms with Gasteiger partial charge in [0, 0.05) is 19.0 Å². The molecule has 0 aliphatic rings. The summed E-state index contributed by atoms with van der Waals surface area (Å²) in [5.41, 5.74) is 1.15. The highest BCUT2D eigenvalue weighted by Crippen LogP contribution is 2.29. The maximum Gasteiger partial charge on any atom is 0.197 e. The Morgan fingerprint density at radius 1 is 1.00 bits per heavy atom. The number of carbonyl (C=O) groups is 1. The first-order valence-electron chi connectivity index (χ1n) is 5.95. The molecule has 0 bridgehead atoms. The molecule has 2 aromatic carbocycles. The van der Waals surface area contributed by atoms with E-state index in [0.717, 1.165) is 13.4 Å². The van der Waals surface area contributed by atoms with Gasteiger partial charge in [-0.25, -0.2) is 0 Å². The molecule has 0 saturated carbocycles. The molecular formula is C15H11Br3O2. The van der Waals surface area contributed by atoms with Crippen LogP contribution in [0, 0.1) is 0 Å². The van der Waals surface area contributed by atoms with Crippen LogP contribution in [0.5, 0.6) is 5.75 Å². The SMILES string of the molecule is CCOc1ccc(Br)cc1C(=O)c1ccc(Br)cc1Br. The number of hydrogen-bond acceptors (Lipinski definition) is 2. The molecule has 0 amide bonds. The van der Waals surface area contributed by atoms with Crippen molar-refractivity contribution in [3.8, 4) is 5.75 Å². The van der Waals surface area contributed by atoms with Crippen molar-refractivity contribution in [3.63, 3.8) is 0 Å². The van der Waals surface area contributed by atoms with Gasteiger partial charge in [-0.3, -0.25) is 4.79 Å². The first-order valence-corrected chi connectivity index (χ1v) is 8.33. The van der Waals surface area contributed by atoms with Crippen LogP contribution in [0.25, 0.3) is 0 Å². The molecule has 0 saturated heterocycles. The topological polar surface area (TPSA) is 26.3 Å². The van der Waals surface area contributed by atoms with Crippen LogP contribution in [0.1, 0.15) is 22.8 Å². The zero-order valence-electron chi connectivity index (χ0n) is 10.6. The number of hydrogen-bond donors (Lipinski definition) is 0. The van der Waals surface area contributed by atoms with Gasteiger partial charge in [0.1, 0.15) is 5.75 Å². The van der Waals surface area contributed by atoms with Crippen molar-refractivity contribution in [2.75, 3.05) is 6.61 Å². The highest BCUT2D eigenvalue weighted by atomic mass is 79.9. The average Bonchev–Trinajstić information content (AvgIpc) is 2.40. The largest absolute Gasteiger partial charge is 0.493 e. The lowest BCUT2D eigenvalue weighted by molar-refractivity contribution is 0.103. The first kappa shape index (κ1) is 15.7. The molecule has 0 fully saturated rings. The van der Waals surface area contributed by atoms with Crippen LogP contribution in [0.15, 0.2) is 49.8 Å². The molecule has 0 N–H and O–H groups in total. The molecule has 2 aromatic rings. The van der Waals surface area contributed by atoms with Gasteiger partial charge in [0.15, 0.2) is 5.78 Å². The van der Waals surface area contributed by atoms with Crippen molar-refractivity contribution in [2.45, 2.75) is 6.92 Å². The third kappa shape index (κ3) is 3.51. The van der Waals surface area contributed by atoms with E-state index >= 15 is 0 Å². The van der Waals surface area contributed by atoms with Crippen molar-refractivity contribution in [1.29, 1.82) is 0 Å². The van der Waals surface area contributed by atoms with E-state index < -0.39 is 0 Å². The molecule has 0 radical (unpaired) electrons. The Kier molecular flexibility index (Phi) is 5.41. The van der Waals surface area contributed by atoms with Gasteiger partial charge in [0.05, 0.1) is 12.2 Å². The van der Waals surface area contributed by atoms with E-state index in [1.807, 2.05) is 25.1 Å². The van der Waals surface area contributed by atoms with Gasteiger partial charge in [-0.05, 0) is 59.3 Å². The molecule has 0 unspecified atom stereocenters. The Morgan fingerprint density at radius 2 is 1.65 bits per heavy atom. The minimum atomic E-state index is -0.0749. The van der Waals surface area contributed by atoms with Crippen LogP contribution in [0.4, 0.5) is 0 Å². The van der Waals surface area contributed by atoms with Gasteiger partial charge in [0.2, 0.25) is 0 Å². The van der Waals surface area contributed by atoms with E-state index in [-0.39, 0.29) is 5.78 Å². The van der Waals surface area contributed by atoms with E-state index in [1.54, 1.807) is 18.2 Å². The summed E-state index contributed by atoms with van der Waals surface area (Å²) in [7, 11) is 0. The molecule has 2 nitrogen and oxygen atoms in total. The molecule has 0 heterocycles. The Balaban J connectivity index is 2.49. The molecule has 0 aromatic heterocycles. The third-order valence-corrected chi connectivity index (χ3v) is 4.30. The molecule has 5 heteroatoms. The highest BCUT2D eigenvalue weighted by Gasteiger charge is 2.17. The lowest BCUT2D eigenvalue weighted by Crippen LogP contribution is -2.06. The Labute approximate surface area is 142 Å². The Morgan fingerprint density at radius 3 is 2.30 bits per heavy atom. The van der Waals surface area contributed by atoms with E-state index in [0.29, 0.717) is 23.5 Å². The predicted octanol–water partition coefficient (Wildman–Crippen LogP) is 5.60. The fourth-order valence-electron chi connectivity index (χ4n) is 1.78. The van der Waals surface area contributed by atoms with Gasteiger partial charge >= 0.3 is 0 Å². The van der Waals surface area contributed by atoms with Gasteiger partial charge in [0.25, 0.3) is 0 Å². The van der Waals surface area contributed by atoms with Gasteiger partial charge in [-0.2, -0.15) is 0 Å². The summed E-state index contributed by atoms with van der Waals surface area (Å²) < 4.78 is 8.04. The second kappa shape index (κ2) is 6.87. The molecule has 104 valence electrons.